The van der Waals surface area contributed by atoms with Gasteiger partial charge in [-0.1, -0.05) is 19.0 Å². The van der Waals surface area contributed by atoms with Crippen LogP contribution in [0.15, 0.2) is 16.9 Å². The minimum absolute atomic E-state index is 0.0497. The van der Waals surface area contributed by atoms with Crippen LogP contribution in [0.25, 0.3) is 10.4 Å². The molecule has 0 fully saturated rings. The van der Waals surface area contributed by atoms with E-state index in [-0.39, 0.29) is 11.2 Å². The molecule has 0 aromatic rings. The van der Waals surface area contributed by atoms with E-state index in [1.807, 2.05) is 13.8 Å². The zero-order chi connectivity index (χ0) is 9.19. The highest BCUT2D eigenvalue weighted by molar-refractivity contribution is 5.91. The summed E-state index contributed by atoms with van der Waals surface area (Å²) in [6.07, 6.45) is 2.66. The number of carbonyl (C=O) groups excluding carboxylic acids is 1. The van der Waals surface area contributed by atoms with Crippen LogP contribution < -0.4 is 0 Å². The predicted octanol–water partition coefficient (Wildman–Crippen LogP) is 2.57. The molecule has 0 radical (unpaired) electrons. The lowest BCUT2D eigenvalue weighted by Crippen LogP contribution is -2.21. The van der Waals surface area contributed by atoms with Crippen molar-refractivity contribution < 1.29 is 4.79 Å². The number of rotatable bonds is 1. The van der Waals surface area contributed by atoms with Crippen LogP contribution in [0.5, 0.6) is 0 Å². The molecule has 0 aliphatic heterocycles. The Hall–Kier alpha value is -1.28. The van der Waals surface area contributed by atoms with E-state index in [0.717, 1.165) is 0 Å². The Balaban J connectivity index is 2.90. The zero-order valence-electron chi connectivity index (χ0n) is 7.24. The van der Waals surface area contributed by atoms with E-state index in [9.17, 15) is 4.79 Å². The summed E-state index contributed by atoms with van der Waals surface area (Å²) >= 11 is 0. The molecule has 0 saturated carbocycles. The van der Waals surface area contributed by atoms with Crippen molar-refractivity contribution in [2.75, 3.05) is 0 Å². The fourth-order valence-electron chi connectivity index (χ4n) is 1.43. The maximum Gasteiger partial charge on any atom is 0.156 e. The maximum atomic E-state index is 11.1. The van der Waals surface area contributed by atoms with Crippen molar-refractivity contribution >= 4 is 5.78 Å². The van der Waals surface area contributed by atoms with Crippen molar-refractivity contribution in [1.29, 1.82) is 0 Å². The second kappa shape index (κ2) is 2.99. The summed E-state index contributed by atoms with van der Waals surface area (Å²) in [4.78, 5) is 13.8. The highest BCUT2D eigenvalue weighted by atomic mass is 16.1. The Bertz CT molecular complexity index is 285. The quantitative estimate of drug-likeness (QED) is 0.334. The number of allylic oxidation sites excluding steroid dienone is 2. The highest BCUT2D eigenvalue weighted by Gasteiger charge is 2.26. The molecule has 4 nitrogen and oxygen atoms in total. The molecule has 0 atom stereocenters. The molecule has 1 aliphatic rings. The van der Waals surface area contributed by atoms with E-state index < -0.39 is 0 Å². The van der Waals surface area contributed by atoms with Crippen LogP contribution in [0, 0.1) is 5.41 Å². The van der Waals surface area contributed by atoms with E-state index in [0.29, 0.717) is 18.5 Å². The van der Waals surface area contributed by atoms with Crippen LogP contribution in [-0.2, 0) is 4.79 Å². The summed E-state index contributed by atoms with van der Waals surface area (Å²) < 4.78 is 0. The van der Waals surface area contributed by atoms with Gasteiger partial charge in [0.15, 0.2) is 5.78 Å². The average Bonchev–Trinajstić information content (AvgIpc) is 1.82. The molecule has 0 spiro atoms. The average molecular weight is 165 g/mol. The van der Waals surface area contributed by atoms with Crippen molar-refractivity contribution in [3.05, 3.63) is 22.2 Å². The molecule has 0 amide bonds. The lowest BCUT2D eigenvalue weighted by molar-refractivity contribution is -0.117. The minimum atomic E-state index is -0.0602. The molecular formula is C8H11N3O. The van der Waals surface area contributed by atoms with E-state index >= 15 is 0 Å². The Labute approximate surface area is 70.9 Å². The van der Waals surface area contributed by atoms with Crippen molar-refractivity contribution in [2.45, 2.75) is 26.7 Å². The zero-order valence-corrected chi connectivity index (χ0v) is 7.24. The van der Waals surface area contributed by atoms with Gasteiger partial charge < -0.3 is 0 Å². The number of carbonyl (C=O) groups is 1. The first-order valence-electron chi connectivity index (χ1n) is 3.82. The molecule has 0 saturated heterocycles. The van der Waals surface area contributed by atoms with Crippen LogP contribution in [0.2, 0.25) is 0 Å². The lowest BCUT2D eigenvalue weighted by atomic mass is 9.79. The second-order valence-corrected chi connectivity index (χ2v) is 3.81. The fraction of sp³-hybridized carbons (Fsp3) is 0.625. The minimum Gasteiger partial charge on any atom is -0.295 e. The first kappa shape index (κ1) is 8.81. The number of ketones is 1. The largest absolute Gasteiger partial charge is 0.295 e. The summed E-state index contributed by atoms with van der Waals surface area (Å²) in [5.74, 6) is 0.0497. The van der Waals surface area contributed by atoms with Gasteiger partial charge in [0.25, 0.3) is 0 Å². The number of hydrogen-bond acceptors (Lipinski definition) is 2. The number of nitrogens with zero attached hydrogens (tertiary/aromatic N) is 3. The van der Waals surface area contributed by atoms with Gasteiger partial charge in [0.2, 0.25) is 0 Å². The van der Waals surface area contributed by atoms with E-state index in [4.69, 9.17) is 5.53 Å². The molecule has 0 bridgehead atoms. The van der Waals surface area contributed by atoms with Crippen molar-refractivity contribution in [3.63, 3.8) is 0 Å². The summed E-state index contributed by atoms with van der Waals surface area (Å²) in [6.45, 7) is 3.98. The third-order valence-electron chi connectivity index (χ3n) is 1.81. The molecule has 0 heterocycles. The Morgan fingerprint density at radius 1 is 1.58 bits per heavy atom. The predicted molar refractivity (Wildman–Crippen MR) is 45.3 cm³/mol. The molecular weight excluding hydrogens is 154 g/mol. The third-order valence-corrected chi connectivity index (χ3v) is 1.81. The summed E-state index contributed by atoms with van der Waals surface area (Å²) in [6, 6.07) is 0. The van der Waals surface area contributed by atoms with Gasteiger partial charge in [-0.15, -0.1) is 0 Å². The molecule has 0 aromatic heterocycles. The van der Waals surface area contributed by atoms with Crippen molar-refractivity contribution in [3.8, 4) is 0 Å². The van der Waals surface area contributed by atoms with Gasteiger partial charge in [0.05, 0.1) is 0 Å². The summed E-state index contributed by atoms with van der Waals surface area (Å²) in [7, 11) is 0. The lowest BCUT2D eigenvalue weighted by Gasteiger charge is -2.26. The highest BCUT2D eigenvalue weighted by Crippen LogP contribution is 2.33. The van der Waals surface area contributed by atoms with Gasteiger partial charge in [0.1, 0.15) is 0 Å². The van der Waals surface area contributed by atoms with Gasteiger partial charge >= 0.3 is 0 Å². The number of azide groups is 1. The monoisotopic (exact) mass is 165 g/mol. The molecule has 0 N–H and O–H groups in total. The second-order valence-electron chi connectivity index (χ2n) is 3.81. The molecule has 4 heteroatoms. The third kappa shape index (κ3) is 2.10. The summed E-state index contributed by atoms with van der Waals surface area (Å²) in [5, 5.41) is 3.45. The van der Waals surface area contributed by atoms with Gasteiger partial charge in [-0.25, -0.2) is 0 Å². The Morgan fingerprint density at radius 3 is 2.75 bits per heavy atom. The smallest absolute Gasteiger partial charge is 0.156 e. The standard InChI is InChI=1S/C8H11N3O/c1-8(2)4-6(10-11-9)3-7(12)5-8/h3H,4-5H2,1-2H3. The van der Waals surface area contributed by atoms with Crippen LogP contribution in [0.1, 0.15) is 26.7 Å². The summed E-state index contributed by atoms with van der Waals surface area (Å²) in [5.41, 5.74) is 8.68. The first-order chi connectivity index (χ1) is 5.53. The van der Waals surface area contributed by atoms with E-state index in [2.05, 4.69) is 10.0 Å². The van der Waals surface area contributed by atoms with Crippen molar-refractivity contribution in [1.82, 2.24) is 0 Å². The molecule has 12 heavy (non-hydrogen) atoms. The van der Waals surface area contributed by atoms with Gasteiger partial charge in [-0.05, 0) is 23.4 Å². The SMILES string of the molecule is CC1(C)CC(=O)C=C(N=[N+]=[N-])C1. The van der Waals surface area contributed by atoms with Gasteiger partial charge in [-0.3, -0.25) is 4.79 Å². The molecule has 1 rings (SSSR count). The van der Waals surface area contributed by atoms with Gasteiger partial charge in [0, 0.05) is 17.0 Å². The molecule has 0 aromatic carbocycles. The van der Waals surface area contributed by atoms with Gasteiger partial charge in [-0.2, -0.15) is 0 Å². The molecule has 1 aliphatic carbocycles. The molecule has 0 unspecified atom stereocenters. The van der Waals surface area contributed by atoms with Crippen LogP contribution in [0.3, 0.4) is 0 Å². The first-order valence-corrected chi connectivity index (χ1v) is 3.82. The van der Waals surface area contributed by atoms with E-state index in [1.165, 1.54) is 6.08 Å². The van der Waals surface area contributed by atoms with Crippen LogP contribution >= 0.6 is 0 Å². The topological polar surface area (TPSA) is 65.8 Å². The van der Waals surface area contributed by atoms with Crippen LogP contribution in [-0.4, -0.2) is 5.78 Å². The Kier molecular flexibility index (Phi) is 2.20. The van der Waals surface area contributed by atoms with E-state index in [1.54, 1.807) is 0 Å². The van der Waals surface area contributed by atoms with Crippen LogP contribution in [0.4, 0.5) is 0 Å². The maximum absolute atomic E-state index is 11.1. The fourth-order valence-corrected chi connectivity index (χ4v) is 1.43. The number of hydrogen-bond donors (Lipinski definition) is 0. The normalized spacial score (nSPS) is 21.2. The van der Waals surface area contributed by atoms with Crippen molar-refractivity contribution in [2.24, 2.45) is 10.5 Å². The Morgan fingerprint density at radius 2 is 2.25 bits per heavy atom. The molecule has 64 valence electrons.